The van der Waals surface area contributed by atoms with Gasteiger partial charge in [0.1, 0.15) is 0 Å². The van der Waals surface area contributed by atoms with Crippen LogP contribution < -0.4 is 0 Å². The lowest BCUT2D eigenvalue weighted by Crippen LogP contribution is -2.23. The third-order valence-electron chi connectivity index (χ3n) is 4.23. The van der Waals surface area contributed by atoms with Crippen LogP contribution in [0.25, 0.3) is 0 Å². The summed E-state index contributed by atoms with van der Waals surface area (Å²) in [5.74, 6) is 1.05. The summed E-state index contributed by atoms with van der Waals surface area (Å²) in [7, 11) is 0. The van der Waals surface area contributed by atoms with Crippen LogP contribution in [0.2, 0.25) is 0 Å². The van der Waals surface area contributed by atoms with Gasteiger partial charge in [0, 0.05) is 0 Å². The molecular formula is C11H18. The molecule has 0 heteroatoms. The molecule has 0 aromatic carbocycles. The molecule has 0 heterocycles. The van der Waals surface area contributed by atoms with Gasteiger partial charge in [-0.3, -0.25) is 0 Å². The molecule has 3 aliphatic rings. The molecule has 0 N–H and O–H groups in total. The molecule has 3 aliphatic carbocycles. The topological polar surface area (TPSA) is 0 Å². The van der Waals surface area contributed by atoms with E-state index in [4.69, 9.17) is 0 Å². The lowest BCUT2D eigenvalue weighted by molar-refractivity contribution is 0.172. The van der Waals surface area contributed by atoms with E-state index >= 15 is 0 Å². The maximum atomic E-state index is 2.47. The van der Waals surface area contributed by atoms with E-state index < -0.39 is 0 Å². The SMILES string of the molecule is CC1CC2(CC2)CC2(CC2)C1. The lowest BCUT2D eigenvalue weighted by Gasteiger charge is -2.33. The summed E-state index contributed by atoms with van der Waals surface area (Å²) >= 11 is 0. The zero-order valence-corrected chi connectivity index (χ0v) is 7.53. The smallest absolute Gasteiger partial charge is 0.0289 e. The Labute approximate surface area is 69.4 Å². The summed E-state index contributed by atoms with van der Waals surface area (Å²) in [6.45, 7) is 2.47. The molecule has 3 rings (SSSR count). The zero-order valence-electron chi connectivity index (χ0n) is 7.53. The summed E-state index contributed by atoms with van der Waals surface area (Å²) in [5, 5.41) is 0. The third-order valence-corrected chi connectivity index (χ3v) is 4.23. The average Bonchev–Trinajstić information content (AvgIpc) is 2.76. The first-order valence-electron chi connectivity index (χ1n) is 5.22. The Morgan fingerprint density at radius 3 is 1.73 bits per heavy atom. The Balaban J connectivity index is 1.82. The van der Waals surface area contributed by atoms with E-state index in [1.54, 1.807) is 44.9 Å². The van der Waals surface area contributed by atoms with Gasteiger partial charge < -0.3 is 0 Å². The normalized spacial score (nSPS) is 42.8. The van der Waals surface area contributed by atoms with Gasteiger partial charge in [-0.1, -0.05) is 6.92 Å². The van der Waals surface area contributed by atoms with Crippen molar-refractivity contribution in [3.05, 3.63) is 0 Å². The highest BCUT2D eigenvalue weighted by molar-refractivity contribution is 5.08. The molecule has 0 unspecified atom stereocenters. The Morgan fingerprint density at radius 1 is 0.909 bits per heavy atom. The predicted molar refractivity (Wildman–Crippen MR) is 46.3 cm³/mol. The van der Waals surface area contributed by atoms with Crippen LogP contribution >= 0.6 is 0 Å². The van der Waals surface area contributed by atoms with E-state index in [1.165, 1.54) is 0 Å². The van der Waals surface area contributed by atoms with E-state index in [2.05, 4.69) is 6.92 Å². The number of hydrogen-bond acceptors (Lipinski definition) is 0. The molecule has 0 aromatic rings. The summed E-state index contributed by atoms with van der Waals surface area (Å²) in [6.07, 6.45) is 11.0. The van der Waals surface area contributed by atoms with Gasteiger partial charge in [0.2, 0.25) is 0 Å². The van der Waals surface area contributed by atoms with Crippen molar-refractivity contribution in [1.82, 2.24) is 0 Å². The molecule has 0 bridgehead atoms. The van der Waals surface area contributed by atoms with Crippen molar-refractivity contribution in [2.45, 2.75) is 51.9 Å². The van der Waals surface area contributed by atoms with Crippen LogP contribution in [0.4, 0.5) is 0 Å². The number of hydrogen-bond donors (Lipinski definition) is 0. The average molecular weight is 150 g/mol. The summed E-state index contributed by atoms with van der Waals surface area (Å²) < 4.78 is 0. The van der Waals surface area contributed by atoms with E-state index in [0.717, 1.165) is 16.7 Å². The Morgan fingerprint density at radius 2 is 1.36 bits per heavy atom. The quantitative estimate of drug-likeness (QED) is 0.496. The number of rotatable bonds is 0. The van der Waals surface area contributed by atoms with E-state index in [1.807, 2.05) is 0 Å². The second-order valence-corrected chi connectivity index (χ2v) is 5.69. The second-order valence-electron chi connectivity index (χ2n) is 5.69. The molecule has 0 saturated heterocycles. The van der Waals surface area contributed by atoms with Gasteiger partial charge in [-0.15, -0.1) is 0 Å². The highest BCUT2D eigenvalue weighted by atomic mass is 14.6. The van der Waals surface area contributed by atoms with Crippen LogP contribution in [0, 0.1) is 16.7 Å². The van der Waals surface area contributed by atoms with Crippen molar-refractivity contribution < 1.29 is 0 Å². The molecule has 11 heavy (non-hydrogen) atoms. The van der Waals surface area contributed by atoms with Crippen LogP contribution in [0.15, 0.2) is 0 Å². The molecular weight excluding hydrogens is 132 g/mol. The van der Waals surface area contributed by atoms with Gasteiger partial charge in [-0.25, -0.2) is 0 Å². The van der Waals surface area contributed by atoms with Crippen LogP contribution in [0.5, 0.6) is 0 Å². The fourth-order valence-corrected chi connectivity index (χ4v) is 3.61. The lowest BCUT2D eigenvalue weighted by atomic mass is 9.72. The summed E-state index contributed by atoms with van der Waals surface area (Å²) in [5.41, 5.74) is 1.79. The van der Waals surface area contributed by atoms with Gasteiger partial charge in [0.05, 0.1) is 0 Å². The van der Waals surface area contributed by atoms with Crippen molar-refractivity contribution in [2.24, 2.45) is 16.7 Å². The van der Waals surface area contributed by atoms with Crippen LogP contribution in [0.3, 0.4) is 0 Å². The highest BCUT2D eigenvalue weighted by Crippen LogP contribution is 2.69. The van der Waals surface area contributed by atoms with Crippen molar-refractivity contribution in [2.75, 3.05) is 0 Å². The van der Waals surface area contributed by atoms with Gasteiger partial charge in [-0.2, -0.15) is 0 Å². The maximum Gasteiger partial charge on any atom is -0.0289 e. The molecule has 2 spiro atoms. The van der Waals surface area contributed by atoms with Gasteiger partial charge in [0.25, 0.3) is 0 Å². The molecule has 0 aromatic heterocycles. The standard InChI is InChI=1S/C11H18/c1-9-6-10(2-3-10)8-11(7-9)4-5-11/h9H,2-8H2,1H3. The largest absolute Gasteiger partial charge is 0.0625 e. The minimum Gasteiger partial charge on any atom is -0.0625 e. The van der Waals surface area contributed by atoms with Gasteiger partial charge >= 0.3 is 0 Å². The van der Waals surface area contributed by atoms with Crippen molar-refractivity contribution in [3.8, 4) is 0 Å². The molecule has 0 nitrogen and oxygen atoms in total. The Bertz CT molecular complexity index is 164. The fourth-order valence-electron chi connectivity index (χ4n) is 3.61. The first kappa shape index (κ1) is 6.51. The van der Waals surface area contributed by atoms with Crippen LogP contribution in [-0.4, -0.2) is 0 Å². The molecule has 0 atom stereocenters. The Hall–Kier alpha value is 0. The van der Waals surface area contributed by atoms with E-state index in [0.29, 0.717) is 0 Å². The molecule has 62 valence electrons. The third kappa shape index (κ3) is 0.947. The van der Waals surface area contributed by atoms with Crippen LogP contribution in [-0.2, 0) is 0 Å². The summed E-state index contributed by atoms with van der Waals surface area (Å²) in [4.78, 5) is 0. The Kier molecular flexibility index (Phi) is 0.990. The highest BCUT2D eigenvalue weighted by Gasteiger charge is 2.57. The molecule has 0 aliphatic heterocycles. The minimum atomic E-state index is 0.897. The van der Waals surface area contributed by atoms with E-state index in [9.17, 15) is 0 Å². The molecule has 3 saturated carbocycles. The van der Waals surface area contributed by atoms with Crippen LogP contribution in [0.1, 0.15) is 51.9 Å². The summed E-state index contributed by atoms with van der Waals surface area (Å²) in [6, 6.07) is 0. The van der Waals surface area contributed by atoms with Crippen molar-refractivity contribution >= 4 is 0 Å². The molecule has 3 fully saturated rings. The van der Waals surface area contributed by atoms with E-state index in [-0.39, 0.29) is 0 Å². The maximum absolute atomic E-state index is 2.47. The zero-order chi connectivity index (χ0) is 7.53. The molecule has 0 amide bonds. The van der Waals surface area contributed by atoms with Gasteiger partial charge in [0.15, 0.2) is 0 Å². The fraction of sp³-hybridized carbons (Fsp3) is 1.00. The first-order chi connectivity index (χ1) is 5.22. The van der Waals surface area contributed by atoms with Crippen molar-refractivity contribution in [3.63, 3.8) is 0 Å². The first-order valence-corrected chi connectivity index (χ1v) is 5.22. The second kappa shape index (κ2) is 1.67. The minimum absolute atomic E-state index is 0.897. The van der Waals surface area contributed by atoms with Gasteiger partial charge in [-0.05, 0) is 61.7 Å². The van der Waals surface area contributed by atoms with Crippen molar-refractivity contribution in [1.29, 1.82) is 0 Å². The predicted octanol–water partition coefficient (Wildman–Crippen LogP) is 3.37. The monoisotopic (exact) mass is 150 g/mol. The molecule has 0 radical (unpaired) electrons.